The average molecular weight is 356 g/mol. The van der Waals surface area contributed by atoms with Crippen LogP contribution in [0.15, 0.2) is 30.5 Å². The fourth-order valence-corrected chi connectivity index (χ4v) is 3.83. The number of hydrogen-bond acceptors (Lipinski definition) is 4. The lowest BCUT2D eigenvalue weighted by Crippen LogP contribution is -2.47. The highest BCUT2D eigenvalue weighted by Crippen LogP contribution is 2.37. The molecule has 140 valence electrons. The average Bonchev–Trinajstić information content (AvgIpc) is 2.63. The van der Waals surface area contributed by atoms with Gasteiger partial charge >= 0.3 is 0 Å². The van der Waals surface area contributed by atoms with E-state index >= 15 is 0 Å². The third-order valence-corrected chi connectivity index (χ3v) is 5.10. The van der Waals surface area contributed by atoms with Gasteiger partial charge in [-0.2, -0.15) is 0 Å². The van der Waals surface area contributed by atoms with E-state index in [2.05, 4.69) is 17.2 Å². The van der Waals surface area contributed by atoms with Crippen LogP contribution in [0.2, 0.25) is 0 Å². The topological polar surface area (TPSA) is 60.5 Å². The van der Waals surface area contributed by atoms with Gasteiger partial charge in [0.05, 0.1) is 11.8 Å². The maximum absolute atomic E-state index is 13.1. The molecule has 0 saturated heterocycles. The highest BCUT2D eigenvalue weighted by Gasteiger charge is 2.42. The maximum atomic E-state index is 13.1. The number of ether oxygens (including phenoxy) is 2. The molecule has 1 heterocycles. The van der Waals surface area contributed by atoms with Gasteiger partial charge in [-0.05, 0) is 63.3 Å². The fourth-order valence-electron chi connectivity index (χ4n) is 3.83. The molecular weight excluding hydrogens is 328 g/mol. The number of rotatable bonds is 5. The van der Waals surface area contributed by atoms with Crippen molar-refractivity contribution in [3.63, 3.8) is 0 Å². The summed E-state index contributed by atoms with van der Waals surface area (Å²) in [5.41, 5.74) is 0.741. The van der Waals surface area contributed by atoms with Crippen LogP contribution in [0.25, 0.3) is 10.9 Å². The minimum absolute atomic E-state index is 0.0566. The molecule has 1 aromatic heterocycles. The third kappa shape index (κ3) is 3.68. The molecule has 1 aliphatic carbocycles. The molecule has 1 amide bonds. The Labute approximate surface area is 155 Å². The molecule has 2 aromatic rings. The Morgan fingerprint density at radius 1 is 1.35 bits per heavy atom. The van der Waals surface area contributed by atoms with Crippen molar-refractivity contribution >= 4 is 22.5 Å². The molecule has 0 radical (unpaired) electrons. The van der Waals surface area contributed by atoms with E-state index in [1.165, 1.54) is 0 Å². The number of pyridine rings is 1. The van der Waals surface area contributed by atoms with E-state index in [-0.39, 0.29) is 12.0 Å². The van der Waals surface area contributed by atoms with E-state index in [9.17, 15) is 4.79 Å². The van der Waals surface area contributed by atoms with Crippen LogP contribution in [-0.4, -0.2) is 29.7 Å². The van der Waals surface area contributed by atoms with Crippen molar-refractivity contribution in [2.45, 2.75) is 58.2 Å². The monoisotopic (exact) mass is 356 g/mol. The lowest BCUT2D eigenvalue weighted by atomic mass is 9.78. The van der Waals surface area contributed by atoms with Gasteiger partial charge in [0.15, 0.2) is 0 Å². The number of benzene rings is 1. The van der Waals surface area contributed by atoms with Crippen molar-refractivity contribution < 1.29 is 14.3 Å². The maximum Gasteiger partial charge on any atom is 0.256 e. The summed E-state index contributed by atoms with van der Waals surface area (Å²) in [6, 6.07) is 7.57. The number of nitrogens with one attached hydrogen (secondary N) is 1. The van der Waals surface area contributed by atoms with Crippen LogP contribution in [0, 0.1) is 5.92 Å². The minimum Gasteiger partial charge on any atom is -0.489 e. The number of carbonyl (C=O) groups excluding carboxylic acids is 1. The number of fused-ring (bicyclic) bond motifs is 1. The number of hydrogen-bond donors (Lipinski definition) is 1. The zero-order valence-corrected chi connectivity index (χ0v) is 16.0. The van der Waals surface area contributed by atoms with E-state index in [1.54, 1.807) is 13.3 Å². The zero-order chi connectivity index (χ0) is 18.7. The second-order valence-corrected chi connectivity index (χ2v) is 7.53. The highest BCUT2D eigenvalue weighted by atomic mass is 16.5. The Morgan fingerprint density at radius 2 is 2.15 bits per heavy atom. The molecule has 1 aromatic carbocycles. The fraction of sp³-hybridized carbons (Fsp3) is 0.524. The van der Waals surface area contributed by atoms with Crippen LogP contribution in [-0.2, 0) is 9.53 Å². The summed E-state index contributed by atoms with van der Waals surface area (Å²) in [6.07, 6.45) is 5.45. The van der Waals surface area contributed by atoms with Crippen LogP contribution in [0.1, 0.15) is 46.5 Å². The van der Waals surface area contributed by atoms with Gasteiger partial charge in [0.2, 0.25) is 0 Å². The minimum atomic E-state index is -0.751. The van der Waals surface area contributed by atoms with E-state index in [4.69, 9.17) is 9.47 Å². The summed E-state index contributed by atoms with van der Waals surface area (Å²) in [6.45, 7) is 6.14. The van der Waals surface area contributed by atoms with Gasteiger partial charge in [-0.1, -0.05) is 13.3 Å². The largest absolute Gasteiger partial charge is 0.489 e. The van der Waals surface area contributed by atoms with Crippen LogP contribution >= 0.6 is 0 Å². The molecule has 5 heteroatoms. The van der Waals surface area contributed by atoms with Crippen LogP contribution in [0.5, 0.6) is 5.75 Å². The normalized spacial score (nSPS) is 23.2. The van der Waals surface area contributed by atoms with Crippen molar-refractivity contribution in [2.24, 2.45) is 5.92 Å². The Bertz CT molecular complexity index is 790. The highest BCUT2D eigenvalue weighted by molar-refractivity contribution is 6.05. The lowest BCUT2D eigenvalue weighted by molar-refractivity contribution is -0.143. The van der Waals surface area contributed by atoms with Crippen molar-refractivity contribution in [1.82, 2.24) is 4.98 Å². The van der Waals surface area contributed by atoms with E-state index < -0.39 is 5.60 Å². The molecular formula is C21H28N2O3. The molecule has 0 unspecified atom stereocenters. The van der Waals surface area contributed by atoms with Crippen molar-refractivity contribution in [1.29, 1.82) is 0 Å². The van der Waals surface area contributed by atoms with Gasteiger partial charge in [-0.25, -0.2) is 0 Å². The molecule has 5 nitrogen and oxygen atoms in total. The first kappa shape index (κ1) is 18.6. The van der Waals surface area contributed by atoms with Gasteiger partial charge in [0.25, 0.3) is 5.91 Å². The van der Waals surface area contributed by atoms with Crippen LogP contribution in [0.4, 0.5) is 5.69 Å². The van der Waals surface area contributed by atoms with E-state index in [0.29, 0.717) is 5.92 Å². The Balaban J connectivity index is 1.92. The van der Waals surface area contributed by atoms with Crippen molar-refractivity contribution in [2.75, 3.05) is 12.4 Å². The lowest BCUT2D eigenvalue weighted by Gasteiger charge is -2.37. The Morgan fingerprint density at radius 3 is 2.85 bits per heavy atom. The Kier molecular flexibility index (Phi) is 5.47. The smallest absolute Gasteiger partial charge is 0.256 e. The summed E-state index contributed by atoms with van der Waals surface area (Å²) in [4.78, 5) is 17.5. The SMILES string of the molecule is CO[C@@]1(C(=O)Nc2ccc(OC(C)C)c3ncccc23)CCC[C@@H](C)C1. The predicted molar refractivity (Wildman–Crippen MR) is 104 cm³/mol. The number of amides is 1. The number of aromatic nitrogens is 1. The van der Waals surface area contributed by atoms with Crippen molar-refractivity contribution in [3.8, 4) is 5.75 Å². The zero-order valence-electron chi connectivity index (χ0n) is 16.0. The second-order valence-electron chi connectivity index (χ2n) is 7.53. The first-order valence-corrected chi connectivity index (χ1v) is 9.36. The second kappa shape index (κ2) is 7.62. The first-order chi connectivity index (χ1) is 12.4. The summed E-state index contributed by atoms with van der Waals surface area (Å²) < 4.78 is 11.6. The van der Waals surface area contributed by atoms with Gasteiger partial charge in [-0.15, -0.1) is 0 Å². The van der Waals surface area contributed by atoms with E-state index in [0.717, 1.165) is 48.0 Å². The number of nitrogens with zero attached hydrogens (tertiary/aromatic N) is 1. The molecule has 0 spiro atoms. The molecule has 2 atom stereocenters. The molecule has 1 fully saturated rings. The molecule has 1 saturated carbocycles. The first-order valence-electron chi connectivity index (χ1n) is 9.36. The standard InChI is InChI=1S/C21H28N2O3/c1-14(2)26-18-10-9-17(16-8-6-12-22-19(16)18)23-20(24)21(25-4)11-5-7-15(3)13-21/h6,8-10,12,14-15H,5,7,11,13H2,1-4H3,(H,23,24)/t15-,21+/m1/s1. The van der Waals surface area contributed by atoms with Crippen LogP contribution < -0.4 is 10.1 Å². The van der Waals surface area contributed by atoms with E-state index in [1.807, 2.05) is 38.1 Å². The summed E-state index contributed by atoms with van der Waals surface area (Å²) >= 11 is 0. The number of carbonyl (C=O) groups is 1. The van der Waals surface area contributed by atoms with Gasteiger partial charge in [-0.3, -0.25) is 9.78 Å². The summed E-state index contributed by atoms with van der Waals surface area (Å²) in [5, 5.41) is 3.96. The Hall–Kier alpha value is -2.14. The molecule has 1 aliphatic rings. The third-order valence-electron chi connectivity index (χ3n) is 5.10. The summed E-state index contributed by atoms with van der Waals surface area (Å²) in [5.74, 6) is 1.13. The van der Waals surface area contributed by atoms with Gasteiger partial charge in [0.1, 0.15) is 16.9 Å². The number of methoxy groups -OCH3 is 1. The van der Waals surface area contributed by atoms with Gasteiger partial charge in [0, 0.05) is 18.7 Å². The molecule has 1 N–H and O–H groups in total. The number of anilines is 1. The molecule has 0 aliphatic heterocycles. The predicted octanol–water partition coefficient (Wildman–Crippen LogP) is 4.56. The summed E-state index contributed by atoms with van der Waals surface area (Å²) in [7, 11) is 1.64. The quantitative estimate of drug-likeness (QED) is 0.853. The molecule has 26 heavy (non-hydrogen) atoms. The van der Waals surface area contributed by atoms with Gasteiger partial charge < -0.3 is 14.8 Å². The molecule has 3 rings (SSSR count). The van der Waals surface area contributed by atoms with Crippen LogP contribution in [0.3, 0.4) is 0 Å². The van der Waals surface area contributed by atoms with Crippen molar-refractivity contribution in [3.05, 3.63) is 30.5 Å². The molecule has 0 bridgehead atoms.